The molecule has 0 N–H and O–H groups in total. The molecule has 0 bridgehead atoms. The first-order chi connectivity index (χ1) is 8.47. The van der Waals surface area contributed by atoms with Gasteiger partial charge in [0.2, 0.25) is 0 Å². The Bertz CT molecular complexity index is 450. The fourth-order valence-electron chi connectivity index (χ4n) is 1.48. The Morgan fingerprint density at radius 2 is 2.33 bits per heavy atom. The van der Waals surface area contributed by atoms with Gasteiger partial charge in [-0.3, -0.25) is 9.88 Å². The molecule has 1 aliphatic rings. The summed E-state index contributed by atoms with van der Waals surface area (Å²) in [7, 11) is 0. The van der Waals surface area contributed by atoms with Crippen molar-refractivity contribution in [2.24, 2.45) is 0 Å². The Labute approximate surface area is 100 Å². The van der Waals surface area contributed by atoms with Crippen molar-refractivity contribution < 1.29 is 27.4 Å². The highest BCUT2D eigenvalue weighted by atomic mass is 19.4. The molecule has 1 aromatic rings. The van der Waals surface area contributed by atoms with Crippen molar-refractivity contribution in [3.63, 3.8) is 0 Å². The highest BCUT2D eigenvalue weighted by Crippen LogP contribution is 2.30. The van der Waals surface area contributed by atoms with Crippen LogP contribution in [0.5, 0.6) is 5.75 Å². The lowest BCUT2D eigenvalue weighted by molar-refractivity contribution is -0.159. The smallest absolute Gasteiger partial charge is 0.422 e. The van der Waals surface area contributed by atoms with E-state index in [1.165, 1.54) is 18.5 Å². The third-order valence-electron chi connectivity index (χ3n) is 2.20. The van der Waals surface area contributed by atoms with Gasteiger partial charge in [-0.15, -0.1) is 0 Å². The predicted molar refractivity (Wildman–Crippen MR) is 54.5 cm³/mol. The average Bonchev–Trinajstić information content (AvgIpc) is 2.34. The molecule has 0 saturated heterocycles. The summed E-state index contributed by atoms with van der Waals surface area (Å²) in [4.78, 5) is 16.4. The van der Waals surface area contributed by atoms with Gasteiger partial charge in [0.15, 0.2) is 6.61 Å². The van der Waals surface area contributed by atoms with E-state index in [4.69, 9.17) is 4.74 Å². The highest BCUT2D eigenvalue weighted by Gasteiger charge is 2.32. The minimum atomic E-state index is -4.54. The van der Waals surface area contributed by atoms with Crippen LogP contribution in [-0.2, 0) is 4.74 Å². The first kappa shape index (κ1) is 12.5. The van der Waals surface area contributed by atoms with E-state index < -0.39 is 18.9 Å². The van der Waals surface area contributed by atoms with Crippen molar-refractivity contribution in [3.8, 4) is 5.75 Å². The summed E-state index contributed by atoms with van der Waals surface area (Å²) in [5, 5.41) is 0. The van der Waals surface area contributed by atoms with Crippen molar-refractivity contribution in [1.29, 1.82) is 0 Å². The van der Waals surface area contributed by atoms with Gasteiger partial charge in [0.05, 0.1) is 12.7 Å². The van der Waals surface area contributed by atoms with Gasteiger partial charge < -0.3 is 9.47 Å². The minimum absolute atomic E-state index is 0.120. The molecule has 0 fully saturated rings. The number of ether oxygens (including phenoxy) is 2. The Morgan fingerprint density at radius 3 is 3.06 bits per heavy atom. The summed E-state index contributed by atoms with van der Waals surface area (Å²) in [6.07, 6.45) is -2.81. The van der Waals surface area contributed by atoms with Crippen LogP contribution in [0.3, 0.4) is 0 Å². The van der Waals surface area contributed by atoms with E-state index >= 15 is 0 Å². The lowest BCUT2D eigenvalue weighted by Crippen LogP contribution is -2.39. The van der Waals surface area contributed by atoms with Crippen molar-refractivity contribution in [3.05, 3.63) is 18.5 Å². The average molecular weight is 262 g/mol. The number of halogens is 3. The SMILES string of the molecule is O=C(OCC(F)(F)F)N1CCOc2ccncc21. The first-order valence-corrected chi connectivity index (χ1v) is 5.05. The van der Waals surface area contributed by atoms with Crippen molar-refractivity contribution >= 4 is 11.8 Å². The Hall–Kier alpha value is -1.99. The first-order valence-electron chi connectivity index (χ1n) is 5.05. The number of anilines is 1. The van der Waals surface area contributed by atoms with Gasteiger partial charge in [0.25, 0.3) is 0 Å². The largest absolute Gasteiger partial charge is 0.489 e. The Balaban J connectivity index is 2.08. The van der Waals surface area contributed by atoms with Crippen LogP contribution in [0.4, 0.5) is 23.7 Å². The number of aromatic nitrogens is 1. The number of carbonyl (C=O) groups is 1. The van der Waals surface area contributed by atoms with Crippen molar-refractivity contribution in [1.82, 2.24) is 4.98 Å². The molecule has 0 aromatic carbocycles. The second-order valence-electron chi connectivity index (χ2n) is 3.51. The number of alkyl halides is 3. The van der Waals surface area contributed by atoms with E-state index in [1.54, 1.807) is 0 Å². The van der Waals surface area contributed by atoms with Gasteiger partial charge >= 0.3 is 12.3 Å². The van der Waals surface area contributed by atoms with E-state index in [-0.39, 0.29) is 13.2 Å². The Kier molecular flexibility index (Phi) is 3.26. The number of hydrogen-bond donors (Lipinski definition) is 0. The molecule has 0 unspecified atom stereocenters. The van der Waals surface area contributed by atoms with E-state index in [0.717, 1.165) is 4.90 Å². The quantitative estimate of drug-likeness (QED) is 0.776. The van der Waals surface area contributed by atoms with Gasteiger partial charge in [0, 0.05) is 12.3 Å². The molecule has 0 aliphatic carbocycles. The maximum Gasteiger partial charge on any atom is 0.422 e. The fourth-order valence-corrected chi connectivity index (χ4v) is 1.48. The number of rotatable bonds is 1. The van der Waals surface area contributed by atoms with Crippen molar-refractivity contribution in [2.45, 2.75) is 6.18 Å². The topological polar surface area (TPSA) is 51.7 Å². The second kappa shape index (κ2) is 4.71. The standard InChI is InChI=1S/C10H9F3N2O3/c11-10(12,13)6-18-9(16)15-3-4-17-8-1-2-14-5-7(8)15/h1-2,5H,3-4,6H2. The molecule has 1 amide bonds. The molecule has 8 heteroatoms. The molecular weight excluding hydrogens is 253 g/mol. The van der Waals surface area contributed by atoms with Crippen LogP contribution in [0, 0.1) is 0 Å². The molecule has 0 spiro atoms. The zero-order chi connectivity index (χ0) is 13.2. The van der Waals surface area contributed by atoms with Gasteiger partial charge in [0.1, 0.15) is 18.0 Å². The van der Waals surface area contributed by atoms with Gasteiger partial charge in [-0.2, -0.15) is 13.2 Å². The Morgan fingerprint density at radius 1 is 1.56 bits per heavy atom. The van der Waals surface area contributed by atoms with Crippen LogP contribution in [0.25, 0.3) is 0 Å². The van der Waals surface area contributed by atoms with Crippen LogP contribution in [0.2, 0.25) is 0 Å². The van der Waals surface area contributed by atoms with Gasteiger partial charge in [-0.05, 0) is 0 Å². The zero-order valence-electron chi connectivity index (χ0n) is 9.11. The number of carbonyl (C=O) groups excluding carboxylic acids is 1. The molecule has 0 radical (unpaired) electrons. The molecule has 1 aliphatic heterocycles. The number of pyridine rings is 1. The molecule has 98 valence electrons. The summed E-state index contributed by atoms with van der Waals surface area (Å²) >= 11 is 0. The van der Waals surface area contributed by atoms with Crippen LogP contribution < -0.4 is 9.64 Å². The number of hydrogen-bond acceptors (Lipinski definition) is 4. The van der Waals surface area contributed by atoms with Gasteiger partial charge in [-0.25, -0.2) is 4.79 Å². The molecular formula is C10H9F3N2O3. The highest BCUT2D eigenvalue weighted by molar-refractivity contribution is 5.89. The van der Waals surface area contributed by atoms with Crippen molar-refractivity contribution in [2.75, 3.05) is 24.7 Å². The second-order valence-corrected chi connectivity index (χ2v) is 3.51. The summed E-state index contributed by atoms with van der Waals surface area (Å²) in [6.45, 7) is -1.30. The van der Waals surface area contributed by atoms with Crippen LogP contribution >= 0.6 is 0 Å². The maximum absolute atomic E-state index is 11.9. The molecule has 2 rings (SSSR count). The summed E-state index contributed by atoms with van der Waals surface area (Å²) in [6, 6.07) is 1.53. The summed E-state index contributed by atoms with van der Waals surface area (Å²) < 4.78 is 45.3. The third-order valence-corrected chi connectivity index (χ3v) is 2.20. The zero-order valence-corrected chi connectivity index (χ0v) is 9.11. The van der Waals surface area contributed by atoms with Gasteiger partial charge in [-0.1, -0.05) is 0 Å². The van der Waals surface area contributed by atoms with E-state index in [1.807, 2.05) is 0 Å². The molecule has 1 aromatic heterocycles. The molecule has 0 saturated carbocycles. The molecule has 18 heavy (non-hydrogen) atoms. The normalized spacial score (nSPS) is 14.7. The van der Waals surface area contributed by atoms with Crippen LogP contribution in [-0.4, -0.2) is 37.0 Å². The lowest BCUT2D eigenvalue weighted by atomic mass is 10.3. The molecule has 2 heterocycles. The maximum atomic E-state index is 11.9. The van der Waals surface area contributed by atoms with E-state index in [0.29, 0.717) is 11.4 Å². The number of nitrogens with zero attached hydrogens (tertiary/aromatic N) is 2. The summed E-state index contributed by atoms with van der Waals surface area (Å²) in [5.41, 5.74) is 0.302. The number of amides is 1. The predicted octanol–water partition coefficient (Wildman–Crippen LogP) is 1.98. The van der Waals surface area contributed by atoms with E-state index in [2.05, 4.69) is 9.72 Å². The summed E-state index contributed by atoms with van der Waals surface area (Å²) in [5.74, 6) is 0.389. The minimum Gasteiger partial charge on any atom is -0.489 e. The van der Waals surface area contributed by atoms with Crippen LogP contribution in [0.15, 0.2) is 18.5 Å². The van der Waals surface area contributed by atoms with E-state index in [9.17, 15) is 18.0 Å². The lowest BCUT2D eigenvalue weighted by Gasteiger charge is -2.28. The monoisotopic (exact) mass is 262 g/mol. The third kappa shape index (κ3) is 2.82. The number of fused-ring (bicyclic) bond motifs is 1. The molecule has 5 nitrogen and oxygen atoms in total. The van der Waals surface area contributed by atoms with Crippen LogP contribution in [0.1, 0.15) is 0 Å². The molecule has 0 atom stereocenters. The fraction of sp³-hybridized carbons (Fsp3) is 0.400.